The van der Waals surface area contributed by atoms with Crippen LogP contribution in [0.2, 0.25) is 0 Å². The lowest BCUT2D eigenvalue weighted by Crippen LogP contribution is -2.32. The Kier molecular flexibility index (Phi) is 3.76. The number of aliphatic imine (C=N–C) groups is 1. The van der Waals surface area contributed by atoms with E-state index in [0.717, 1.165) is 23.3 Å². The smallest absolute Gasteiger partial charge is 0.211 e. The maximum atomic E-state index is 9.40. The van der Waals surface area contributed by atoms with Crippen molar-refractivity contribution in [2.45, 2.75) is 31.9 Å². The van der Waals surface area contributed by atoms with Gasteiger partial charge in [-0.05, 0) is 37.1 Å². The van der Waals surface area contributed by atoms with E-state index < -0.39 is 6.04 Å². The zero-order chi connectivity index (χ0) is 20.1. The molecular formula is C19H18N8O. The summed E-state index contributed by atoms with van der Waals surface area (Å²) in [6, 6.07) is 7.26. The number of nitrogens with two attached hydrogens (primary N) is 2. The van der Waals surface area contributed by atoms with Crippen molar-refractivity contribution in [2.75, 3.05) is 16.8 Å². The van der Waals surface area contributed by atoms with Gasteiger partial charge in [0.1, 0.15) is 40.7 Å². The molecule has 0 saturated carbocycles. The maximum Gasteiger partial charge on any atom is 0.211 e. The Morgan fingerprint density at radius 1 is 1.32 bits per heavy atom. The second kappa shape index (κ2) is 6.03. The van der Waals surface area contributed by atoms with Crippen molar-refractivity contribution in [2.24, 2.45) is 4.99 Å². The normalized spacial score (nSPS) is 18.4. The third-order valence-electron chi connectivity index (χ3n) is 4.76. The summed E-state index contributed by atoms with van der Waals surface area (Å²) < 4.78 is 5.94. The molecule has 140 valence electrons. The Bertz CT molecular complexity index is 1110. The molecule has 0 amide bonds. The molecule has 9 heteroatoms. The van der Waals surface area contributed by atoms with E-state index in [2.05, 4.69) is 20.6 Å². The molecular weight excluding hydrogens is 356 g/mol. The summed E-state index contributed by atoms with van der Waals surface area (Å²) in [5, 5.41) is 23.8. The summed E-state index contributed by atoms with van der Waals surface area (Å²) in [6.07, 6.45) is 2.60. The van der Waals surface area contributed by atoms with Gasteiger partial charge in [-0.15, -0.1) is 0 Å². The second-order valence-electron chi connectivity index (χ2n) is 7.31. The van der Waals surface area contributed by atoms with Crippen LogP contribution in [0, 0.1) is 22.8 Å². The first kappa shape index (κ1) is 17.4. The van der Waals surface area contributed by atoms with Crippen molar-refractivity contribution in [1.29, 1.82) is 10.5 Å². The summed E-state index contributed by atoms with van der Waals surface area (Å²) in [7, 11) is 0. The molecule has 28 heavy (non-hydrogen) atoms. The van der Waals surface area contributed by atoms with Gasteiger partial charge in [0.25, 0.3) is 0 Å². The molecule has 1 atom stereocenters. The number of nitriles is 2. The molecule has 1 aromatic carbocycles. The standard InChI is InChI=1S/C19H18N8O/c1-19(2)6-10-5-9(3-4-12(10)28-19)15-13-14(22)11(7-20)16(23)26-17(13)27-18(25-15)24-8-21/h3-5,15H,6H2,1-2H3,(H6,22,23,24,25,26,27). The van der Waals surface area contributed by atoms with Crippen LogP contribution in [0.3, 0.4) is 0 Å². The minimum absolute atomic E-state index is 0.0207. The van der Waals surface area contributed by atoms with Crippen LogP contribution in [0.5, 0.6) is 5.75 Å². The van der Waals surface area contributed by atoms with E-state index in [1.165, 1.54) is 0 Å². The SMILES string of the molecule is CC1(C)Cc2cc(C3N=C(NC#N)Nc4nc(N)c(C#N)c(N)c43)ccc2O1. The van der Waals surface area contributed by atoms with Gasteiger partial charge in [0.05, 0.1) is 5.69 Å². The summed E-state index contributed by atoms with van der Waals surface area (Å²) in [4.78, 5) is 8.83. The molecule has 2 aromatic rings. The Balaban J connectivity index is 1.88. The first-order valence-corrected chi connectivity index (χ1v) is 8.63. The van der Waals surface area contributed by atoms with E-state index in [1.54, 1.807) is 0 Å². The Hall–Kier alpha value is -3.98. The van der Waals surface area contributed by atoms with Crippen LogP contribution >= 0.6 is 0 Å². The maximum absolute atomic E-state index is 9.40. The zero-order valence-electron chi connectivity index (χ0n) is 15.4. The highest BCUT2D eigenvalue weighted by atomic mass is 16.5. The number of benzene rings is 1. The number of anilines is 3. The van der Waals surface area contributed by atoms with E-state index in [-0.39, 0.29) is 28.6 Å². The largest absolute Gasteiger partial charge is 0.487 e. The lowest BCUT2D eigenvalue weighted by Gasteiger charge is -2.26. The lowest BCUT2D eigenvalue weighted by molar-refractivity contribution is 0.138. The monoisotopic (exact) mass is 374 g/mol. The minimum atomic E-state index is -0.554. The van der Waals surface area contributed by atoms with Crippen molar-refractivity contribution in [3.8, 4) is 18.0 Å². The number of ether oxygens (including phenoxy) is 1. The zero-order valence-corrected chi connectivity index (χ0v) is 15.4. The van der Waals surface area contributed by atoms with Crippen molar-refractivity contribution in [3.63, 3.8) is 0 Å². The van der Waals surface area contributed by atoms with Gasteiger partial charge >= 0.3 is 0 Å². The number of guanidine groups is 1. The quantitative estimate of drug-likeness (QED) is 0.434. The fourth-order valence-electron chi connectivity index (χ4n) is 3.62. The first-order chi connectivity index (χ1) is 13.3. The number of hydrogen-bond donors (Lipinski definition) is 4. The number of pyridine rings is 1. The Morgan fingerprint density at radius 2 is 2.11 bits per heavy atom. The molecule has 0 bridgehead atoms. The molecule has 9 nitrogen and oxygen atoms in total. The third kappa shape index (κ3) is 2.70. The highest BCUT2D eigenvalue weighted by molar-refractivity contribution is 5.98. The molecule has 4 rings (SSSR count). The fourth-order valence-corrected chi connectivity index (χ4v) is 3.62. The fraction of sp³-hybridized carbons (Fsp3) is 0.263. The predicted octanol–water partition coefficient (Wildman–Crippen LogP) is 1.77. The van der Waals surface area contributed by atoms with Gasteiger partial charge in [0, 0.05) is 12.0 Å². The lowest BCUT2D eigenvalue weighted by atomic mass is 9.92. The third-order valence-corrected chi connectivity index (χ3v) is 4.76. The van der Waals surface area contributed by atoms with Crippen LogP contribution in [0.1, 0.15) is 42.1 Å². The van der Waals surface area contributed by atoms with Gasteiger partial charge < -0.3 is 21.5 Å². The Morgan fingerprint density at radius 3 is 2.82 bits per heavy atom. The van der Waals surface area contributed by atoms with Gasteiger partial charge in [-0.25, -0.2) is 9.98 Å². The van der Waals surface area contributed by atoms with Gasteiger partial charge in [-0.3, -0.25) is 5.32 Å². The number of fused-ring (bicyclic) bond motifs is 2. The number of nitrogens with one attached hydrogen (secondary N) is 2. The van der Waals surface area contributed by atoms with Gasteiger partial charge in [0.15, 0.2) is 6.19 Å². The van der Waals surface area contributed by atoms with Crippen LogP contribution in [0.25, 0.3) is 0 Å². The van der Waals surface area contributed by atoms with Crippen LogP contribution < -0.4 is 26.8 Å². The number of nitrogen functional groups attached to an aromatic ring is 2. The average molecular weight is 374 g/mol. The van der Waals surface area contributed by atoms with E-state index in [1.807, 2.05) is 44.3 Å². The van der Waals surface area contributed by atoms with Crippen molar-refractivity contribution in [1.82, 2.24) is 10.3 Å². The van der Waals surface area contributed by atoms with Gasteiger partial charge in [-0.1, -0.05) is 6.07 Å². The molecule has 0 fully saturated rings. The summed E-state index contributed by atoms with van der Waals surface area (Å²) in [5.41, 5.74) is 14.7. The van der Waals surface area contributed by atoms with Gasteiger partial charge in [0.2, 0.25) is 5.96 Å². The molecule has 1 unspecified atom stereocenters. The molecule has 0 spiro atoms. The van der Waals surface area contributed by atoms with Crippen molar-refractivity contribution < 1.29 is 4.74 Å². The number of nitrogens with zero attached hydrogens (tertiary/aromatic N) is 4. The molecule has 3 heterocycles. The highest BCUT2D eigenvalue weighted by Gasteiger charge is 2.33. The van der Waals surface area contributed by atoms with Crippen LogP contribution in [-0.2, 0) is 6.42 Å². The topological polar surface area (TPSA) is 158 Å². The number of rotatable bonds is 1. The van der Waals surface area contributed by atoms with E-state index >= 15 is 0 Å². The van der Waals surface area contributed by atoms with Crippen LogP contribution in [0.4, 0.5) is 17.3 Å². The second-order valence-corrected chi connectivity index (χ2v) is 7.31. The highest BCUT2D eigenvalue weighted by Crippen LogP contribution is 2.43. The molecule has 0 saturated heterocycles. The molecule has 2 aliphatic rings. The predicted molar refractivity (Wildman–Crippen MR) is 104 cm³/mol. The Labute approximate surface area is 161 Å². The summed E-state index contributed by atoms with van der Waals surface area (Å²) in [6.45, 7) is 4.06. The molecule has 0 radical (unpaired) electrons. The number of hydrogen-bond acceptors (Lipinski definition) is 9. The van der Waals surface area contributed by atoms with E-state index in [9.17, 15) is 5.26 Å². The summed E-state index contributed by atoms with van der Waals surface area (Å²) >= 11 is 0. The average Bonchev–Trinajstić information content (AvgIpc) is 2.94. The van der Waals surface area contributed by atoms with Crippen LogP contribution in [-0.4, -0.2) is 16.5 Å². The van der Waals surface area contributed by atoms with Crippen LogP contribution in [0.15, 0.2) is 23.2 Å². The van der Waals surface area contributed by atoms with E-state index in [4.69, 9.17) is 21.5 Å². The molecule has 2 aliphatic heterocycles. The van der Waals surface area contributed by atoms with Crippen molar-refractivity contribution >= 4 is 23.3 Å². The first-order valence-electron chi connectivity index (χ1n) is 8.63. The summed E-state index contributed by atoms with van der Waals surface area (Å²) in [5.74, 6) is 1.45. The van der Waals surface area contributed by atoms with Gasteiger partial charge in [-0.2, -0.15) is 10.5 Å². The molecule has 0 aliphatic carbocycles. The minimum Gasteiger partial charge on any atom is -0.487 e. The molecule has 6 N–H and O–H groups in total. The van der Waals surface area contributed by atoms with Crippen molar-refractivity contribution in [3.05, 3.63) is 40.5 Å². The van der Waals surface area contributed by atoms with E-state index in [0.29, 0.717) is 11.4 Å². The molecule has 1 aromatic heterocycles. The number of aromatic nitrogens is 1.